The lowest BCUT2D eigenvalue weighted by Crippen LogP contribution is -2.33. The maximum atomic E-state index is 12.9. The monoisotopic (exact) mass is 402 g/mol. The average Bonchev–Trinajstić information content (AvgIpc) is 2.91. The average molecular weight is 402 g/mol. The van der Waals surface area contributed by atoms with Crippen molar-refractivity contribution < 1.29 is 26.3 Å². The fourth-order valence-electron chi connectivity index (χ4n) is 3.45. The fraction of sp³-hybridized carbons (Fsp3) is 0.400. The van der Waals surface area contributed by atoms with Gasteiger partial charge in [-0.1, -0.05) is 24.3 Å². The Kier molecular flexibility index (Phi) is 6.00. The van der Waals surface area contributed by atoms with Gasteiger partial charge in [0.2, 0.25) is 0 Å². The normalized spacial score (nSPS) is 17.0. The van der Waals surface area contributed by atoms with Gasteiger partial charge in [-0.3, -0.25) is 4.90 Å². The zero-order valence-corrected chi connectivity index (χ0v) is 14.9. The molecule has 0 spiro atoms. The summed E-state index contributed by atoms with van der Waals surface area (Å²) >= 11 is 0. The molecule has 1 saturated heterocycles. The van der Waals surface area contributed by atoms with Crippen LogP contribution < -0.4 is 5.32 Å². The number of nitrogens with zero attached hydrogens (tertiary/aromatic N) is 1. The number of hydrogen-bond donors (Lipinski definition) is 1. The van der Waals surface area contributed by atoms with E-state index in [4.69, 9.17) is 0 Å². The first-order chi connectivity index (χ1) is 13.2. The van der Waals surface area contributed by atoms with Crippen LogP contribution in [-0.4, -0.2) is 31.1 Å². The van der Waals surface area contributed by atoms with Gasteiger partial charge in [0.1, 0.15) is 0 Å². The largest absolute Gasteiger partial charge is 0.416 e. The van der Waals surface area contributed by atoms with Gasteiger partial charge in [0.15, 0.2) is 0 Å². The Balaban J connectivity index is 1.97. The van der Waals surface area contributed by atoms with E-state index in [9.17, 15) is 26.3 Å². The molecule has 1 aliphatic heterocycles. The van der Waals surface area contributed by atoms with Crippen LogP contribution in [0.5, 0.6) is 0 Å². The smallest absolute Gasteiger partial charge is 0.315 e. The third-order valence-corrected chi connectivity index (χ3v) is 4.85. The number of alkyl halides is 6. The molecule has 0 aromatic heterocycles. The van der Waals surface area contributed by atoms with Crippen LogP contribution in [0.1, 0.15) is 34.7 Å². The first-order valence-corrected chi connectivity index (χ1v) is 8.95. The highest BCUT2D eigenvalue weighted by Gasteiger charge is 2.32. The van der Waals surface area contributed by atoms with Gasteiger partial charge in [-0.25, -0.2) is 0 Å². The van der Waals surface area contributed by atoms with Crippen molar-refractivity contribution in [3.8, 4) is 0 Å². The summed E-state index contributed by atoms with van der Waals surface area (Å²) in [6.07, 6.45) is -8.03. The molecule has 3 rings (SSSR count). The summed E-state index contributed by atoms with van der Waals surface area (Å²) in [5.74, 6) is 0. The molecule has 2 aromatic rings. The molecule has 0 unspecified atom stereocenters. The minimum Gasteiger partial charge on any atom is -0.315 e. The van der Waals surface area contributed by atoms with Gasteiger partial charge in [0.25, 0.3) is 0 Å². The Morgan fingerprint density at radius 3 is 1.57 bits per heavy atom. The molecule has 152 valence electrons. The number of halogens is 6. The van der Waals surface area contributed by atoms with Crippen LogP contribution in [0, 0.1) is 0 Å². The zero-order chi connectivity index (χ0) is 20.4. The number of nitrogens with one attached hydrogen (secondary N) is 1. The van der Waals surface area contributed by atoms with Crippen LogP contribution in [0.3, 0.4) is 0 Å². The number of benzene rings is 2. The van der Waals surface area contributed by atoms with E-state index in [2.05, 4.69) is 10.2 Å². The van der Waals surface area contributed by atoms with Crippen molar-refractivity contribution in [2.45, 2.75) is 24.8 Å². The standard InChI is InChI=1S/C20H20F6N2/c21-19(22,23)16-6-2-14(3-7-16)18(28-12-1-10-27-11-13-28)15-4-8-17(9-5-15)20(24,25)26/h2-9,18,27H,1,10-13H2. The predicted molar refractivity (Wildman–Crippen MR) is 93.8 cm³/mol. The van der Waals surface area contributed by atoms with Gasteiger partial charge in [-0.05, 0) is 48.4 Å². The zero-order valence-electron chi connectivity index (χ0n) is 14.9. The van der Waals surface area contributed by atoms with Gasteiger partial charge in [-0.15, -0.1) is 0 Å². The third kappa shape index (κ3) is 4.86. The molecular formula is C20H20F6N2. The van der Waals surface area contributed by atoms with Gasteiger partial charge in [0, 0.05) is 19.6 Å². The summed E-state index contributed by atoms with van der Waals surface area (Å²) in [4.78, 5) is 2.09. The molecular weight excluding hydrogens is 382 g/mol. The lowest BCUT2D eigenvalue weighted by Gasteiger charge is -2.31. The molecule has 1 heterocycles. The van der Waals surface area contributed by atoms with Crippen molar-refractivity contribution >= 4 is 0 Å². The molecule has 0 saturated carbocycles. The van der Waals surface area contributed by atoms with E-state index in [-0.39, 0.29) is 0 Å². The highest BCUT2D eigenvalue weighted by Crippen LogP contribution is 2.35. The quantitative estimate of drug-likeness (QED) is 0.718. The molecule has 2 aromatic carbocycles. The second-order valence-electron chi connectivity index (χ2n) is 6.78. The summed E-state index contributed by atoms with van der Waals surface area (Å²) in [5.41, 5.74) is -0.260. The predicted octanol–water partition coefficient (Wildman–Crippen LogP) is 5.11. The number of hydrogen-bond acceptors (Lipinski definition) is 2. The Morgan fingerprint density at radius 1 is 0.679 bits per heavy atom. The van der Waals surface area contributed by atoms with Crippen molar-refractivity contribution in [2.24, 2.45) is 0 Å². The van der Waals surface area contributed by atoms with Gasteiger partial charge in [-0.2, -0.15) is 26.3 Å². The Morgan fingerprint density at radius 2 is 1.14 bits per heavy atom. The van der Waals surface area contributed by atoms with E-state index >= 15 is 0 Å². The molecule has 2 nitrogen and oxygen atoms in total. The molecule has 1 fully saturated rings. The summed E-state index contributed by atoms with van der Waals surface area (Å²) in [7, 11) is 0. The van der Waals surface area contributed by atoms with Crippen molar-refractivity contribution in [2.75, 3.05) is 26.2 Å². The van der Waals surface area contributed by atoms with Crippen molar-refractivity contribution in [3.63, 3.8) is 0 Å². The molecule has 1 N–H and O–H groups in total. The van der Waals surface area contributed by atoms with E-state index in [0.29, 0.717) is 30.8 Å². The molecule has 0 aliphatic carbocycles. The first kappa shape index (κ1) is 20.7. The maximum absolute atomic E-state index is 12.9. The lowest BCUT2D eigenvalue weighted by atomic mass is 9.95. The van der Waals surface area contributed by atoms with Crippen LogP contribution in [0.15, 0.2) is 48.5 Å². The topological polar surface area (TPSA) is 15.3 Å². The van der Waals surface area contributed by atoms with Crippen LogP contribution in [0.2, 0.25) is 0 Å². The number of rotatable bonds is 3. The minimum absolute atomic E-state index is 0.413. The molecule has 28 heavy (non-hydrogen) atoms. The van der Waals surface area contributed by atoms with E-state index < -0.39 is 29.5 Å². The Labute approximate surface area is 159 Å². The molecule has 1 aliphatic rings. The molecule has 0 amide bonds. The highest BCUT2D eigenvalue weighted by atomic mass is 19.4. The lowest BCUT2D eigenvalue weighted by molar-refractivity contribution is -0.138. The van der Waals surface area contributed by atoms with Gasteiger partial charge in [0.05, 0.1) is 17.2 Å². The first-order valence-electron chi connectivity index (χ1n) is 8.95. The van der Waals surface area contributed by atoms with Crippen LogP contribution in [0.4, 0.5) is 26.3 Å². The SMILES string of the molecule is FC(F)(F)c1ccc(C(c2ccc(C(F)(F)F)cc2)N2CCCNCC2)cc1. The van der Waals surface area contributed by atoms with Crippen LogP contribution in [0.25, 0.3) is 0 Å². The van der Waals surface area contributed by atoms with Crippen molar-refractivity contribution in [3.05, 3.63) is 70.8 Å². The second-order valence-corrected chi connectivity index (χ2v) is 6.78. The minimum atomic E-state index is -4.44. The maximum Gasteiger partial charge on any atom is 0.416 e. The summed E-state index contributed by atoms with van der Waals surface area (Å²) in [5, 5.41) is 3.25. The van der Waals surface area contributed by atoms with Crippen molar-refractivity contribution in [1.29, 1.82) is 0 Å². The summed E-state index contributed by atoms with van der Waals surface area (Å²) in [6, 6.07) is 9.28. The third-order valence-electron chi connectivity index (χ3n) is 4.85. The van der Waals surface area contributed by atoms with E-state index in [0.717, 1.165) is 37.2 Å². The summed E-state index contributed by atoms with van der Waals surface area (Å²) in [6.45, 7) is 2.87. The highest BCUT2D eigenvalue weighted by molar-refractivity contribution is 5.36. The molecule has 8 heteroatoms. The summed E-state index contributed by atoms with van der Waals surface area (Å²) < 4.78 is 77.3. The Bertz CT molecular complexity index is 700. The van der Waals surface area contributed by atoms with E-state index in [1.807, 2.05) is 0 Å². The molecule has 0 bridgehead atoms. The fourth-order valence-corrected chi connectivity index (χ4v) is 3.45. The van der Waals surface area contributed by atoms with E-state index in [1.54, 1.807) is 0 Å². The van der Waals surface area contributed by atoms with E-state index in [1.165, 1.54) is 24.3 Å². The van der Waals surface area contributed by atoms with Crippen LogP contribution >= 0.6 is 0 Å². The van der Waals surface area contributed by atoms with Gasteiger partial charge >= 0.3 is 12.4 Å². The Hall–Kier alpha value is -2.06. The second kappa shape index (κ2) is 8.13. The van der Waals surface area contributed by atoms with Crippen molar-refractivity contribution in [1.82, 2.24) is 10.2 Å². The molecule has 0 atom stereocenters. The van der Waals surface area contributed by atoms with Crippen LogP contribution in [-0.2, 0) is 12.4 Å². The van der Waals surface area contributed by atoms with Gasteiger partial charge < -0.3 is 5.32 Å². The molecule has 0 radical (unpaired) electrons.